The maximum Gasteiger partial charge on any atom is 0.0924 e. The highest BCUT2D eigenvalue weighted by molar-refractivity contribution is 5.58. The normalized spacial score (nSPS) is 12.7. The van der Waals surface area contributed by atoms with E-state index >= 15 is 0 Å². The van der Waals surface area contributed by atoms with Crippen LogP contribution < -0.4 is 0 Å². The molecule has 1 aromatic carbocycles. The molecule has 2 rings (SSSR count). The molecule has 15 heavy (non-hydrogen) atoms. The molecule has 1 N–H and O–H groups in total. The van der Waals surface area contributed by atoms with Gasteiger partial charge in [0.2, 0.25) is 0 Å². The van der Waals surface area contributed by atoms with E-state index in [-0.39, 0.29) is 0 Å². The van der Waals surface area contributed by atoms with Crippen molar-refractivity contribution in [2.24, 2.45) is 0 Å². The first kappa shape index (κ1) is 9.97. The van der Waals surface area contributed by atoms with Crippen LogP contribution in [0.15, 0.2) is 36.8 Å². The molecule has 1 unspecified atom stereocenters. The standard InChI is InChI=1S/C13H16N2/c1-3-10(2)11-4-6-12(7-5-11)13-8-14-9-15-13/h4-10H,3H2,1-2H3,(H,14,15). The number of aromatic nitrogens is 2. The van der Waals surface area contributed by atoms with E-state index in [4.69, 9.17) is 0 Å². The van der Waals surface area contributed by atoms with Crippen LogP contribution in [0.25, 0.3) is 11.3 Å². The molecule has 0 radical (unpaired) electrons. The summed E-state index contributed by atoms with van der Waals surface area (Å²) in [5, 5.41) is 0. The lowest BCUT2D eigenvalue weighted by Crippen LogP contribution is -1.90. The molecule has 0 spiro atoms. The number of hydrogen-bond donors (Lipinski definition) is 1. The van der Waals surface area contributed by atoms with Gasteiger partial charge in [-0.3, -0.25) is 0 Å². The molecule has 1 atom stereocenters. The maximum atomic E-state index is 4.02. The smallest absolute Gasteiger partial charge is 0.0924 e. The summed E-state index contributed by atoms with van der Waals surface area (Å²) < 4.78 is 0. The molecule has 1 aromatic heterocycles. The lowest BCUT2D eigenvalue weighted by atomic mass is 9.97. The third-order valence-electron chi connectivity index (χ3n) is 2.90. The number of nitrogens with zero attached hydrogens (tertiary/aromatic N) is 1. The van der Waals surface area contributed by atoms with Crippen LogP contribution in [-0.4, -0.2) is 9.97 Å². The van der Waals surface area contributed by atoms with Crippen molar-refractivity contribution in [1.29, 1.82) is 0 Å². The van der Waals surface area contributed by atoms with Gasteiger partial charge < -0.3 is 4.98 Å². The van der Waals surface area contributed by atoms with Crippen LogP contribution in [0.5, 0.6) is 0 Å². The molecule has 0 amide bonds. The van der Waals surface area contributed by atoms with E-state index in [0.29, 0.717) is 5.92 Å². The van der Waals surface area contributed by atoms with Crippen molar-refractivity contribution in [3.63, 3.8) is 0 Å². The largest absolute Gasteiger partial charge is 0.345 e. The van der Waals surface area contributed by atoms with Crippen LogP contribution in [0.1, 0.15) is 31.7 Å². The van der Waals surface area contributed by atoms with Gasteiger partial charge in [-0.2, -0.15) is 0 Å². The molecule has 2 heteroatoms. The van der Waals surface area contributed by atoms with E-state index in [1.165, 1.54) is 17.5 Å². The monoisotopic (exact) mass is 200 g/mol. The van der Waals surface area contributed by atoms with Gasteiger partial charge in [0.25, 0.3) is 0 Å². The summed E-state index contributed by atoms with van der Waals surface area (Å²) in [6.07, 6.45) is 4.74. The number of nitrogens with one attached hydrogen (secondary N) is 1. The fraction of sp³-hybridized carbons (Fsp3) is 0.308. The lowest BCUT2D eigenvalue weighted by molar-refractivity contribution is 0.734. The predicted molar refractivity (Wildman–Crippen MR) is 62.7 cm³/mol. The zero-order chi connectivity index (χ0) is 10.7. The molecule has 1 heterocycles. The van der Waals surface area contributed by atoms with Crippen LogP contribution in [0, 0.1) is 0 Å². The van der Waals surface area contributed by atoms with Gasteiger partial charge in [-0.1, -0.05) is 38.1 Å². The SMILES string of the molecule is CCC(C)c1ccc(-c2cnc[nH]2)cc1. The number of rotatable bonds is 3. The quantitative estimate of drug-likeness (QED) is 0.805. The minimum atomic E-state index is 0.640. The highest BCUT2D eigenvalue weighted by Gasteiger charge is 2.03. The summed E-state index contributed by atoms with van der Waals surface area (Å²) in [5.74, 6) is 0.640. The molecule has 0 aliphatic carbocycles. The second-order valence-electron chi connectivity index (χ2n) is 3.90. The fourth-order valence-corrected chi connectivity index (χ4v) is 1.64. The Kier molecular flexibility index (Phi) is 2.86. The van der Waals surface area contributed by atoms with Crippen LogP contribution in [0.2, 0.25) is 0 Å². The van der Waals surface area contributed by atoms with E-state index in [9.17, 15) is 0 Å². The van der Waals surface area contributed by atoms with Gasteiger partial charge in [0.1, 0.15) is 0 Å². The molecular weight excluding hydrogens is 184 g/mol. The van der Waals surface area contributed by atoms with Crippen molar-refractivity contribution in [2.45, 2.75) is 26.2 Å². The number of hydrogen-bond acceptors (Lipinski definition) is 1. The molecule has 0 aliphatic heterocycles. The minimum Gasteiger partial charge on any atom is -0.345 e. The van der Waals surface area contributed by atoms with Gasteiger partial charge in [0.15, 0.2) is 0 Å². The zero-order valence-electron chi connectivity index (χ0n) is 9.20. The van der Waals surface area contributed by atoms with E-state index in [2.05, 4.69) is 48.1 Å². The third kappa shape index (κ3) is 2.09. The van der Waals surface area contributed by atoms with E-state index in [1.807, 2.05) is 6.20 Å². The highest BCUT2D eigenvalue weighted by atomic mass is 14.9. The number of imidazole rings is 1. The average Bonchev–Trinajstić information content (AvgIpc) is 2.82. The van der Waals surface area contributed by atoms with E-state index in [1.54, 1.807) is 6.33 Å². The summed E-state index contributed by atoms with van der Waals surface area (Å²) >= 11 is 0. The topological polar surface area (TPSA) is 28.7 Å². The van der Waals surface area contributed by atoms with E-state index < -0.39 is 0 Å². The molecule has 0 bridgehead atoms. The summed E-state index contributed by atoms with van der Waals surface area (Å²) in [7, 11) is 0. The Bertz CT molecular complexity index is 401. The minimum absolute atomic E-state index is 0.640. The van der Waals surface area contributed by atoms with Crippen LogP contribution >= 0.6 is 0 Å². The molecule has 0 fully saturated rings. The van der Waals surface area contributed by atoms with Crippen molar-refractivity contribution in [1.82, 2.24) is 9.97 Å². The highest BCUT2D eigenvalue weighted by Crippen LogP contribution is 2.22. The molecule has 2 nitrogen and oxygen atoms in total. The van der Waals surface area contributed by atoms with Crippen molar-refractivity contribution >= 4 is 0 Å². The second-order valence-corrected chi connectivity index (χ2v) is 3.90. The van der Waals surface area contributed by atoms with Crippen LogP contribution in [-0.2, 0) is 0 Å². The Morgan fingerprint density at radius 2 is 2.00 bits per heavy atom. The number of H-pyrrole nitrogens is 1. The number of aromatic amines is 1. The Morgan fingerprint density at radius 3 is 2.53 bits per heavy atom. The maximum absolute atomic E-state index is 4.02. The van der Waals surface area contributed by atoms with Gasteiger partial charge >= 0.3 is 0 Å². The fourth-order valence-electron chi connectivity index (χ4n) is 1.64. The first-order valence-corrected chi connectivity index (χ1v) is 5.40. The zero-order valence-corrected chi connectivity index (χ0v) is 9.20. The van der Waals surface area contributed by atoms with Gasteiger partial charge in [-0.05, 0) is 23.5 Å². The Hall–Kier alpha value is -1.57. The molecular formula is C13H16N2. The summed E-state index contributed by atoms with van der Waals surface area (Å²) in [6, 6.07) is 8.69. The molecule has 0 saturated heterocycles. The molecule has 2 aromatic rings. The predicted octanol–water partition coefficient (Wildman–Crippen LogP) is 3.59. The summed E-state index contributed by atoms with van der Waals surface area (Å²) in [4.78, 5) is 7.12. The second kappa shape index (κ2) is 4.30. The van der Waals surface area contributed by atoms with Crippen molar-refractivity contribution in [2.75, 3.05) is 0 Å². The van der Waals surface area contributed by atoms with Gasteiger partial charge in [-0.25, -0.2) is 4.98 Å². The molecule has 0 saturated carbocycles. The van der Waals surface area contributed by atoms with Crippen LogP contribution in [0.4, 0.5) is 0 Å². The van der Waals surface area contributed by atoms with Gasteiger partial charge in [0.05, 0.1) is 18.2 Å². The molecule has 78 valence electrons. The lowest BCUT2D eigenvalue weighted by Gasteiger charge is -2.08. The first-order valence-electron chi connectivity index (χ1n) is 5.40. The Morgan fingerprint density at radius 1 is 1.27 bits per heavy atom. The van der Waals surface area contributed by atoms with Crippen molar-refractivity contribution < 1.29 is 0 Å². The van der Waals surface area contributed by atoms with Gasteiger partial charge in [-0.15, -0.1) is 0 Å². The molecule has 0 aliphatic rings. The number of benzene rings is 1. The summed E-state index contributed by atoms with van der Waals surface area (Å²) in [5.41, 5.74) is 3.67. The van der Waals surface area contributed by atoms with Crippen LogP contribution in [0.3, 0.4) is 0 Å². The van der Waals surface area contributed by atoms with Crippen molar-refractivity contribution in [3.05, 3.63) is 42.4 Å². The summed E-state index contributed by atoms with van der Waals surface area (Å²) in [6.45, 7) is 4.47. The Balaban J connectivity index is 2.25. The first-order chi connectivity index (χ1) is 7.31. The average molecular weight is 200 g/mol. The van der Waals surface area contributed by atoms with Gasteiger partial charge in [0, 0.05) is 0 Å². The Labute approximate surface area is 90.4 Å². The third-order valence-corrected chi connectivity index (χ3v) is 2.90. The van der Waals surface area contributed by atoms with Crippen molar-refractivity contribution in [3.8, 4) is 11.3 Å². The van der Waals surface area contributed by atoms with E-state index in [0.717, 1.165) is 5.69 Å².